The molecule has 1 aromatic heterocycles. The van der Waals surface area contributed by atoms with Crippen LogP contribution in [0.5, 0.6) is 0 Å². The number of nitrogens with two attached hydrogens (primary N) is 1. The van der Waals surface area contributed by atoms with E-state index in [1.807, 2.05) is 0 Å². The van der Waals surface area contributed by atoms with Gasteiger partial charge in [-0.3, -0.25) is 0 Å². The maximum absolute atomic E-state index is 11.7. The fourth-order valence-electron chi connectivity index (χ4n) is 1.76. The van der Waals surface area contributed by atoms with Crippen molar-refractivity contribution < 1.29 is 19.4 Å². The maximum atomic E-state index is 11.7. The SMILES string of the molecule is CCCCOCC(O)Cn1nnc(C(=O)OCC)c1CN. The molecule has 0 amide bonds. The number of aromatic nitrogens is 3. The zero-order chi connectivity index (χ0) is 15.7. The van der Waals surface area contributed by atoms with Crippen LogP contribution in [0.15, 0.2) is 0 Å². The van der Waals surface area contributed by atoms with Gasteiger partial charge in [0, 0.05) is 13.2 Å². The molecule has 1 heterocycles. The number of hydrogen-bond donors (Lipinski definition) is 2. The zero-order valence-corrected chi connectivity index (χ0v) is 12.6. The minimum Gasteiger partial charge on any atom is -0.461 e. The molecule has 0 aliphatic heterocycles. The lowest BCUT2D eigenvalue weighted by Gasteiger charge is -2.12. The van der Waals surface area contributed by atoms with Gasteiger partial charge in [0.2, 0.25) is 0 Å². The van der Waals surface area contributed by atoms with Crippen LogP contribution in [0.25, 0.3) is 0 Å². The van der Waals surface area contributed by atoms with Crippen molar-refractivity contribution in [3.05, 3.63) is 11.4 Å². The molecular weight excluding hydrogens is 276 g/mol. The van der Waals surface area contributed by atoms with Gasteiger partial charge < -0.3 is 20.3 Å². The molecule has 0 spiro atoms. The number of ether oxygens (including phenoxy) is 2. The van der Waals surface area contributed by atoms with Crippen LogP contribution in [0.4, 0.5) is 0 Å². The summed E-state index contributed by atoms with van der Waals surface area (Å²) in [6.45, 7) is 5.11. The molecule has 0 aliphatic rings. The van der Waals surface area contributed by atoms with Gasteiger partial charge in [-0.25, -0.2) is 9.48 Å². The summed E-state index contributed by atoms with van der Waals surface area (Å²) in [7, 11) is 0. The first-order valence-electron chi connectivity index (χ1n) is 7.19. The molecule has 1 rings (SSSR count). The third kappa shape index (κ3) is 5.41. The van der Waals surface area contributed by atoms with E-state index in [0.29, 0.717) is 12.3 Å². The zero-order valence-electron chi connectivity index (χ0n) is 12.6. The summed E-state index contributed by atoms with van der Waals surface area (Å²) in [6.07, 6.45) is 1.26. The van der Waals surface area contributed by atoms with Crippen LogP contribution >= 0.6 is 0 Å². The second-order valence-corrected chi connectivity index (χ2v) is 4.57. The monoisotopic (exact) mass is 300 g/mol. The van der Waals surface area contributed by atoms with Crippen LogP contribution in [0.3, 0.4) is 0 Å². The highest BCUT2D eigenvalue weighted by Crippen LogP contribution is 2.08. The van der Waals surface area contributed by atoms with Crippen molar-refractivity contribution in [2.24, 2.45) is 5.73 Å². The smallest absolute Gasteiger partial charge is 0.360 e. The molecule has 3 N–H and O–H groups in total. The second-order valence-electron chi connectivity index (χ2n) is 4.57. The van der Waals surface area contributed by atoms with E-state index >= 15 is 0 Å². The van der Waals surface area contributed by atoms with Crippen molar-refractivity contribution in [2.45, 2.75) is 45.9 Å². The lowest BCUT2D eigenvalue weighted by atomic mass is 10.3. The Morgan fingerprint density at radius 3 is 2.86 bits per heavy atom. The summed E-state index contributed by atoms with van der Waals surface area (Å²) in [4.78, 5) is 11.7. The topological polar surface area (TPSA) is 112 Å². The molecule has 1 atom stereocenters. The number of hydrogen-bond acceptors (Lipinski definition) is 7. The summed E-state index contributed by atoms with van der Waals surface area (Å²) in [5.74, 6) is -0.558. The molecule has 21 heavy (non-hydrogen) atoms. The van der Waals surface area contributed by atoms with Gasteiger partial charge in [0.05, 0.1) is 31.6 Å². The average Bonchev–Trinajstić information content (AvgIpc) is 2.86. The number of unbranched alkanes of at least 4 members (excludes halogenated alkanes) is 1. The third-order valence-electron chi connectivity index (χ3n) is 2.84. The van der Waals surface area contributed by atoms with Gasteiger partial charge in [-0.2, -0.15) is 0 Å². The van der Waals surface area contributed by atoms with Crippen molar-refractivity contribution in [2.75, 3.05) is 19.8 Å². The summed E-state index contributed by atoms with van der Waals surface area (Å²) < 4.78 is 11.6. The van der Waals surface area contributed by atoms with Gasteiger partial charge >= 0.3 is 5.97 Å². The quantitative estimate of drug-likeness (QED) is 0.465. The molecule has 1 aromatic rings. The molecular formula is C13H24N4O4. The Morgan fingerprint density at radius 2 is 2.24 bits per heavy atom. The van der Waals surface area contributed by atoms with E-state index in [0.717, 1.165) is 12.8 Å². The standard InChI is InChI=1S/C13H24N4O4/c1-3-5-6-20-9-10(18)8-17-11(7-14)12(15-16-17)13(19)21-4-2/h10,18H,3-9,14H2,1-2H3. The molecule has 120 valence electrons. The Hall–Kier alpha value is -1.51. The van der Waals surface area contributed by atoms with E-state index < -0.39 is 12.1 Å². The van der Waals surface area contributed by atoms with Gasteiger partial charge in [-0.15, -0.1) is 5.10 Å². The van der Waals surface area contributed by atoms with E-state index in [2.05, 4.69) is 17.2 Å². The molecule has 1 unspecified atom stereocenters. The third-order valence-corrected chi connectivity index (χ3v) is 2.84. The molecule has 0 aliphatic carbocycles. The van der Waals surface area contributed by atoms with Crippen molar-refractivity contribution in [3.63, 3.8) is 0 Å². The number of carbonyl (C=O) groups is 1. The van der Waals surface area contributed by atoms with Crippen LogP contribution < -0.4 is 5.73 Å². The van der Waals surface area contributed by atoms with Crippen LogP contribution in [0.2, 0.25) is 0 Å². The number of nitrogens with zero attached hydrogens (tertiary/aromatic N) is 3. The van der Waals surface area contributed by atoms with Gasteiger partial charge in [0.1, 0.15) is 0 Å². The van der Waals surface area contributed by atoms with E-state index in [1.165, 1.54) is 4.68 Å². The molecule has 8 nitrogen and oxygen atoms in total. The fourth-order valence-corrected chi connectivity index (χ4v) is 1.76. The Labute approximate surface area is 124 Å². The molecule has 0 saturated heterocycles. The van der Waals surface area contributed by atoms with Gasteiger partial charge in [0.25, 0.3) is 0 Å². The minimum atomic E-state index is -0.732. The summed E-state index contributed by atoms with van der Waals surface area (Å²) in [6, 6.07) is 0. The number of aliphatic hydroxyl groups excluding tert-OH is 1. The summed E-state index contributed by atoms with van der Waals surface area (Å²) in [5, 5.41) is 17.5. The first-order chi connectivity index (χ1) is 10.1. The largest absolute Gasteiger partial charge is 0.461 e. The first kappa shape index (κ1) is 17.5. The van der Waals surface area contributed by atoms with Gasteiger partial charge in [-0.05, 0) is 13.3 Å². The van der Waals surface area contributed by atoms with Crippen LogP contribution in [-0.2, 0) is 22.6 Å². The lowest BCUT2D eigenvalue weighted by Crippen LogP contribution is -2.25. The van der Waals surface area contributed by atoms with Crippen LogP contribution in [-0.4, -0.2) is 52.0 Å². The lowest BCUT2D eigenvalue weighted by molar-refractivity contribution is 0.0246. The van der Waals surface area contributed by atoms with Crippen molar-refractivity contribution >= 4 is 5.97 Å². The van der Waals surface area contributed by atoms with Gasteiger partial charge in [-0.1, -0.05) is 18.6 Å². The van der Waals surface area contributed by atoms with E-state index in [1.54, 1.807) is 6.92 Å². The average molecular weight is 300 g/mol. The normalized spacial score (nSPS) is 12.4. The number of carbonyl (C=O) groups excluding carboxylic acids is 1. The predicted molar refractivity (Wildman–Crippen MR) is 75.6 cm³/mol. The number of rotatable bonds is 10. The van der Waals surface area contributed by atoms with Crippen molar-refractivity contribution in [3.8, 4) is 0 Å². The Balaban J connectivity index is 2.60. The molecule has 0 aromatic carbocycles. The van der Waals surface area contributed by atoms with E-state index in [9.17, 15) is 9.90 Å². The highest BCUT2D eigenvalue weighted by atomic mass is 16.5. The van der Waals surface area contributed by atoms with Crippen LogP contribution in [0.1, 0.15) is 42.9 Å². The summed E-state index contributed by atoms with van der Waals surface area (Å²) >= 11 is 0. The second kappa shape index (κ2) is 9.43. The predicted octanol–water partition coefficient (Wildman–Crippen LogP) is 0.0911. The highest BCUT2D eigenvalue weighted by Gasteiger charge is 2.21. The van der Waals surface area contributed by atoms with Crippen molar-refractivity contribution in [1.29, 1.82) is 0 Å². The molecule has 0 saturated carbocycles. The van der Waals surface area contributed by atoms with Crippen LogP contribution in [0, 0.1) is 0 Å². The maximum Gasteiger partial charge on any atom is 0.360 e. The molecule has 0 radical (unpaired) electrons. The Morgan fingerprint density at radius 1 is 1.48 bits per heavy atom. The Kier molecular flexibility index (Phi) is 7.88. The minimum absolute atomic E-state index is 0.0879. The molecule has 0 fully saturated rings. The Bertz CT molecular complexity index is 436. The first-order valence-corrected chi connectivity index (χ1v) is 7.19. The number of aliphatic hydroxyl groups is 1. The highest BCUT2D eigenvalue weighted by molar-refractivity contribution is 5.88. The molecule has 0 bridgehead atoms. The van der Waals surface area contributed by atoms with Gasteiger partial charge in [0.15, 0.2) is 5.69 Å². The van der Waals surface area contributed by atoms with Crippen molar-refractivity contribution in [1.82, 2.24) is 15.0 Å². The molecule has 8 heteroatoms. The fraction of sp³-hybridized carbons (Fsp3) is 0.769. The number of esters is 1. The van der Waals surface area contributed by atoms with E-state index in [-0.39, 0.29) is 32.0 Å². The summed E-state index contributed by atoms with van der Waals surface area (Å²) in [5.41, 5.74) is 6.16. The van der Waals surface area contributed by atoms with E-state index in [4.69, 9.17) is 15.2 Å².